The number of halogens is 2. The van der Waals surface area contributed by atoms with E-state index in [1.165, 1.54) is 23.5 Å². The zero-order valence-electron chi connectivity index (χ0n) is 10.1. The van der Waals surface area contributed by atoms with Gasteiger partial charge in [-0.1, -0.05) is 27.3 Å². The highest BCUT2D eigenvalue weighted by atomic mass is 79.9. The van der Waals surface area contributed by atoms with Gasteiger partial charge in [0.2, 0.25) is 0 Å². The van der Waals surface area contributed by atoms with Gasteiger partial charge in [-0.05, 0) is 42.8 Å². The Hall–Kier alpha value is -1.46. The van der Waals surface area contributed by atoms with Crippen LogP contribution in [0.2, 0.25) is 0 Å². The van der Waals surface area contributed by atoms with Crippen molar-refractivity contribution in [3.05, 3.63) is 52.3 Å². The maximum absolute atomic E-state index is 13.1. The van der Waals surface area contributed by atoms with E-state index in [1.807, 2.05) is 25.1 Å². The van der Waals surface area contributed by atoms with Gasteiger partial charge in [0.1, 0.15) is 5.82 Å². The molecule has 1 N–H and O–H groups in total. The molecule has 0 bridgehead atoms. The zero-order chi connectivity index (χ0) is 13.4. The number of hydrogen-bond acceptors (Lipinski definition) is 3. The minimum Gasteiger partial charge on any atom is -0.331 e. The molecule has 0 aliphatic heterocycles. The average Bonchev–Trinajstić information content (AvgIpc) is 2.68. The maximum Gasteiger partial charge on any atom is 0.188 e. The molecular formula is C14H10BrFN2S. The number of rotatable bonds is 2. The van der Waals surface area contributed by atoms with E-state index < -0.39 is 0 Å². The Morgan fingerprint density at radius 3 is 2.84 bits per heavy atom. The molecule has 0 saturated heterocycles. The van der Waals surface area contributed by atoms with E-state index in [4.69, 9.17) is 0 Å². The molecule has 2 aromatic carbocycles. The van der Waals surface area contributed by atoms with Gasteiger partial charge in [-0.3, -0.25) is 0 Å². The summed E-state index contributed by atoms with van der Waals surface area (Å²) >= 11 is 4.97. The molecule has 96 valence electrons. The fourth-order valence-electron chi connectivity index (χ4n) is 1.89. The van der Waals surface area contributed by atoms with Crippen molar-refractivity contribution in [3.8, 4) is 0 Å². The smallest absolute Gasteiger partial charge is 0.188 e. The minimum atomic E-state index is -0.261. The summed E-state index contributed by atoms with van der Waals surface area (Å²) in [5.41, 5.74) is 2.80. The summed E-state index contributed by atoms with van der Waals surface area (Å²) in [4.78, 5) is 4.38. The molecule has 3 rings (SSSR count). The summed E-state index contributed by atoms with van der Waals surface area (Å²) in [5.74, 6) is -0.261. The van der Waals surface area contributed by atoms with Gasteiger partial charge in [-0.25, -0.2) is 9.37 Å². The lowest BCUT2D eigenvalue weighted by Gasteiger charge is -2.04. The Balaban J connectivity index is 1.96. The van der Waals surface area contributed by atoms with Crippen LogP contribution in [0.4, 0.5) is 15.2 Å². The molecule has 0 aliphatic rings. The minimum absolute atomic E-state index is 0.261. The van der Waals surface area contributed by atoms with Gasteiger partial charge in [-0.2, -0.15) is 0 Å². The second-order valence-electron chi connectivity index (χ2n) is 4.27. The molecule has 0 amide bonds. The monoisotopic (exact) mass is 336 g/mol. The first-order valence-corrected chi connectivity index (χ1v) is 7.31. The Morgan fingerprint density at radius 2 is 2.05 bits per heavy atom. The van der Waals surface area contributed by atoms with Gasteiger partial charge in [0.05, 0.1) is 10.2 Å². The lowest BCUT2D eigenvalue weighted by atomic mass is 10.2. The molecule has 0 fully saturated rings. The molecule has 0 atom stereocenters. The maximum atomic E-state index is 13.1. The summed E-state index contributed by atoms with van der Waals surface area (Å²) in [6.07, 6.45) is 0. The number of fused-ring (bicyclic) bond motifs is 1. The van der Waals surface area contributed by atoms with Crippen molar-refractivity contribution in [2.24, 2.45) is 0 Å². The average molecular weight is 337 g/mol. The van der Waals surface area contributed by atoms with Gasteiger partial charge >= 0.3 is 0 Å². The van der Waals surface area contributed by atoms with E-state index in [2.05, 4.69) is 26.2 Å². The van der Waals surface area contributed by atoms with Crippen LogP contribution in [0, 0.1) is 12.7 Å². The van der Waals surface area contributed by atoms with Crippen LogP contribution in [0.3, 0.4) is 0 Å². The molecule has 0 aliphatic carbocycles. The predicted octanol–water partition coefficient (Wildman–Crippen LogP) is 5.25. The van der Waals surface area contributed by atoms with Crippen LogP contribution < -0.4 is 5.32 Å². The second-order valence-corrected chi connectivity index (χ2v) is 6.22. The molecule has 3 aromatic rings. The van der Waals surface area contributed by atoms with Crippen molar-refractivity contribution in [1.82, 2.24) is 4.98 Å². The Kier molecular flexibility index (Phi) is 3.24. The topological polar surface area (TPSA) is 24.9 Å². The summed E-state index contributed by atoms with van der Waals surface area (Å²) in [6.45, 7) is 2.03. The third-order valence-electron chi connectivity index (χ3n) is 2.64. The largest absolute Gasteiger partial charge is 0.331 e. The predicted molar refractivity (Wildman–Crippen MR) is 81.7 cm³/mol. The normalized spacial score (nSPS) is 10.9. The number of nitrogens with one attached hydrogen (secondary N) is 1. The van der Waals surface area contributed by atoms with Crippen molar-refractivity contribution in [3.63, 3.8) is 0 Å². The van der Waals surface area contributed by atoms with E-state index in [0.29, 0.717) is 5.52 Å². The van der Waals surface area contributed by atoms with Crippen LogP contribution >= 0.6 is 27.3 Å². The van der Waals surface area contributed by atoms with Crippen molar-refractivity contribution in [2.45, 2.75) is 6.92 Å². The quantitative estimate of drug-likeness (QED) is 0.691. The van der Waals surface area contributed by atoms with Crippen molar-refractivity contribution in [1.29, 1.82) is 0 Å². The molecular weight excluding hydrogens is 327 g/mol. The van der Waals surface area contributed by atoms with Gasteiger partial charge < -0.3 is 5.32 Å². The number of nitrogens with zero attached hydrogens (tertiary/aromatic N) is 1. The zero-order valence-corrected chi connectivity index (χ0v) is 12.5. The van der Waals surface area contributed by atoms with Crippen molar-refractivity contribution >= 4 is 48.3 Å². The van der Waals surface area contributed by atoms with Crippen LogP contribution in [0.5, 0.6) is 0 Å². The fourth-order valence-corrected chi connectivity index (χ4v) is 3.36. The Morgan fingerprint density at radius 1 is 1.21 bits per heavy atom. The first-order chi connectivity index (χ1) is 9.10. The third kappa shape index (κ3) is 2.77. The van der Waals surface area contributed by atoms with Crippen LogP contribution in [-0.4, -0.2) is 4.98 Å². The Bertz CT molecular complexity index is 734. The SMILES string of the molecule is Cc1cc(Br)cc(Nc2nc3cc(F)ccc3s2)c1. The lowest BCUT2D eigenvalue weighted by Crippen LogP contribution is -1.89. The molecule has 5 heteroatoms. The number of thiazole rings is 1. The van der Waals surface area contributed by atoms with E-state index in [0.717, 1.165) is 25.6 Å². The summed E-state index contributed by atoms with van der Waals surface area (Å²) < 4.78 is 15.1. The molecule has 19 heavy (non-hydrogen) atoms. The molecule has 0 radical (unpaired) electrons. The highest BCUT2D eigenvalue weighted by Gasteiger charge is 2.05. The summed E-state index contributed by atoms with van der Waals surface area (Å²) in [5, 5.41) is 4.01. The van der Waals surface area contributed by atoms with Gasteiger partial charge in [-0.15, -0.1) is 0 Å². The first kappa shape index (κ1) is 12.6. The van der Waals surface area contributed by atoms with Crippen LogP contribution in [0.15, 0.2) is 40.9 Å². The second kappa shape index (κ2) is 4.90. The number of anilines is 2. The number of aromatic nitrogens is 1. The fraction of sp³-hybridized carbons (Fsp3) is 0.0714. The molecule has 0 unspecified atom stereocenters. The number of hydrogen-bond donors (Lipinski definition) is 1. The standard InChI is InChI=1S/C14H10BrFN2S/c1-8-4-9(15)6-11(5-8)17-14-18-12-7-10(16)2-3-13(12)19-14/h2-7H,1H3,(H,17,18). The number of aryl methyl sites for hydroxylation is 1. The summed E-state index contributed by atoms with van der Waals surface area (Å²) in [6, 6.07) is 10.7. The Labute approximate surface area is 122 Å². The van der Waals surface area contributed by atoms with E-state index in [1.54, 1.807) is 6.07 Å². The highest BCUT2D eigenvalue weighted by molar-refractivity contribution is 9.10. The molecule has 2 nitrogen and oxygen atoms in total. The molecule has 0 saturated carbocycles. The summed E-state index contributed by atoms with van der Waals surface area (Å²) in [7, 11) is 0. The van der Waals surface area contributed by atoms with E-state index in [-0.39, 0.29) is 5.82 Å². The number of benzene rings is 2. The molecule has 1 heterocycles. The van der Waals surface area contributed by atoms with Crippen LogP contribution in [0.1, 0.15) is 5.56 Å². The van der Waals surface area contributed by atoms with Crippen molar-refractivity contribution in [2.75, 3.05) is 5.32 Å². The van der Waals surface area contributed by atoms with Gasteiger partial charge in [0.25, 0.3) is 0 Å². The highest BCUT2D eigenvalue weighted by Crippen LogP contribution is 2.30. The van der Waals surface area contributed by atoms with E-state index in [9.17, 15) is 4.39 Å². The van der Waals surface area contributed by atoms with Gasteiger partial charge in [0.15, 0.2) is 5.13 Å². The van der Waals surface area contributed by atoms with Crippen LogP contribution in [0.25, 0.3) is 10.2 Å². The molecule has 0 spiro atoms. The van der Waals surface area contributed by atoms with Gasteiger partial charge in [0, 0.05) is 16.2 Å². The van der Waals surface area contributed by atoms with Crippen molar-refractivity contribution < 1.29 is 4.39 Å². The first-order valence-electron chi connectivity index (χ1n) is 5.70. The third-order valence-corrected chi connectivity index (χ3v) is 4.05. The molecule has 1 aromatic heterocycles. The lowest BCUT2D eigenvalue weighted by molar-refractivity contribution is 0.629. The van der Waals surface area contributed by atoms with E-state index >= 15 is 0 Å². The van der Waals surface area contributed by atoms with Crippen LogP contribution in [-0.2, 0) is 0 Å².